The predicted octanol–water partition coefficient (Wildman–Crippen LogP) is 2.62. The van der Waals surface area contributed by atoms with Crippen molar-refractivity contribution >= 4 is 5.69 Å². The number of rotatable bonds is 4. The van der Waals surface area contributed by atoms with Crippen molar-refractivity contribution in [2.24, 2.45) is 10.4 Å². The lowest BCUT2D eigenvalue weighted by atomic mass is 10.1. The summed E-state index contributed by atoms with van der Waals surface area (Å²) in [7, 11) is 0. The van der Waals surface area contributed by atoms with Gasteiger partial charge in [-0.15, -0.1) is 4.91 Å². The molecule has 1 aromatic rings. The van der Waals surface area contributed by atoms with Gasteiger partial charge in [0.15, 0.2) is 0 Å². The molecule has 0 unspecified atom stereocenters. The molecule has 0 spiro atoms. The predicted molar refractivity (Wildman–Crippen MR) is 53.3 cm³/mol. The number of hydrogen-bond donors (Lipinski definition) is 0. The van der Waals surface area contributed by atoms with Gasteiger partial charge in [-0.05, 0) is 24.1 Å². The minimum Gasteiger partial charge on any atom is -0.259 e. The molecule has 0 aliphatic carbocycles. The molecule has 0 amide bonds. The Morgan fingerprint density at radius 1 is 1.43 bits per heavy atom. The summed E-state index contributed by atoms with van der Waals surface area (Å²) in [6, 6.07) is 0. The van der Waals surface area contributed by atoms with Gasteiger partial charge in [-0.1, -0.05) is 12.1 Å². The lowest BCUT2D eigenvalue weighted by molar-refractivity contribution is 0.962. The second-order valence-corrected chi connectivity index (χ2v) is 2.93. The van der Waals surface area contributed by atoms with Gasteiger partial charge in [0, 0.05) is 11.8 Å². The highest BCUT2D eigenvalue weighted by Crippen LogP contribution is 2.26. The van der Waals surface area contributed by atoms with Crippen molar-refractivity contribution in [1.29, 1.82) is 0 Å². The molecule has 0 saturated carbocycles. The van der Waals surface area contributed by atoms with Crippen LogP contribution < -0.4 is 0 Å². The normalized spacial score (nSPS) is 9.86. The van der Waals surface area contributed by atoms with E-state index in [0.29, 0.717) is 17.7 Å². The van der Waals surface area contributed by atoms with Crippen molar-refractivity contribution in [2.75, 3.05) is 0 Å². The smallest absolute Gasteiger partial charge is 0.134 e. The number of nitrogens with zero attached hydrogens (tertiary/aromatic N) is 3. The van der Waals surface area contributed by atoms with Gasteiger partial charge in [0.2, 0.25) is 0 Å². The van der Waals surface area contributed by atoms with E-state index in [0.717, 1.165) is 5.56 Å². The third-order valence-electron chi connectivity index (χ3n) is 2.13. The minimum atomic E-state index is -0.0202. The van der Waals surface area contributed by atoms with Crippen LogP contribution in [0, 0.1) is 16.7 Å². The molecule has 0 aliphatic rings. The van der Waals surface area contributed by atoms with Gasteiger partial charge in [-0.25, -0.2) is 0 Å². The first-order valence-corrected chi connectivity index (χ1v) is 4.34. The van der Waals surface area contributed by atoms with E-state index < -0.39 is 0 Å². The van der Waals surface area contributed by atoms with E-state index >= 15 is 0 Å². The molecule has 74 valence electrons. The van der Waals surface area contributed by atoms with Gasteiger partial charge in [0.05, 0.1) is 5.69 Å². The zero-order valence-electron chi connectivity index (χ0n) is 8.15. The average molecular weight is 193 g/mol. The van der Waals surface area contributed by atoms with E-state index in [2.05, 4.69) is 15.3 Å². The Morgan fingerprint density at radius 2 is 2.14 bits per heavy atom. The zero-order valence-corrected chi connectivity index (χ0v) is 8.15. The molecule has 14 heavy (non-hydrogen) atoms. The quantitative estimate of drug-likeness (QED) is 0.690. The Labute approximate surface area is 81.5 Å². The van der Waals surface area contributed by atoms with E-state index in [-0.39, 0.29) is 12.2 Å². The molecule has 0 bridgehead atoms. The first-order chi connectivity index (χ1) is 6.74. The largest absolute Gasteiger partial charge is 0.259 e. The van der Waals surface area contributed by atoms with Gasteiger partial charge >= 0.3 is 0 Å². The van der Waals surface area contributed by atoms with E-state index in [1.807, 2.05) is 6.92 Å². The summed E-state index contributed by atoms with van der Waals surface area (Å²) in [6.45, 7) is 3.59. The van der Waals surface area contributed by atoms with Crippen LogP contribution in [-0.4, -0.2) is 4.98 Å². The molecule has 0 saturated heterocycles. The fraction of sp³-hybridized carbons (Fsp3) is 0.444. The number of hydrogen-bond acceptors (Lipinski definition) is 5. The van der Waals surface area contributed by atoms with Crippen LogP contribution >= 0.6 is 0 Å². The Bertz CT molecular complexity index is 363. The molecule has 0 radical (unpaired) electrons. The second-order valence-electron chi connectivity index (χ2n) is 2.93. The Balaban J connectivity index is 3.34. The fourth-order valence-electron chi connectivity index (χ4n) is 1.35. The van der Waals surface area contributed by atoms with Crippen LogP contribution in [-0.2, 0) is 13.0 Å². The van der Waals surface area contributed by atoms with Crippen LogP contribution in [0.5, 0.6) is 0 Å². The van der Waals surface area contributed by atoms with Crippen molar-refractivity contribution in [1.82, 2.24) is 4.98 Å². The van der Waals surface area contributed by atoms with Gasteiger partial charge in [-0.3, -0.25) is 4.98 Å². The molecule has 0 fully saturated rings. The Hall–Kier alpha value is -1.65. The van der Waals surface area contributed by atoms with Crippen molar-refractivity contribution < 1.29 is 0 Å². The molecule has 1 rings (SSSR count). The third-order valence-corrected chi connectivity index (χ3v) is 2.13. The molecule has 5 nitrogen and oxygen atoms in total. The number of pyridine rings is 1. The first kappa shape index (κ1) is 10.4. The van der Waals surface area contributed by atoms with Crippen LogP contribution in [0.25, 0.3) is 0 Å². The number of aryl methyl sites for hydroxylation is 2. The summed E-state index contributed by atoms with van der Waals surface area (Å²) >= 11 is 0. The van der Waals surface area contributed by atoms with Crippen LogP contribution in [0.4, 0.5) is 5.69 Å². The van der Waals surface area contributed by atoms with Gasteiger partial charge < -0.3 is 0 Å². The summed E-state index contributed by atoms with van der Waals surface area (Å²) in [5.41, 5.74) is 2.25. The van der Waals surface area contributed by atoms with Gasteiger partial charge in [0.1, 0.15) is 12.2 Å². The lowest BCUT2D eigenvalue weighted by Crippen LogP contribution is -1.96. The van der Waals surface area contributed by atoms with E-state index in [9.17, 15) is 9.81 Å². The van der Waals surface area contributed by atoms with Crippen molar-refractivity contribution in [2.45, 2.75) is 26.8 Å². The summed E-state index contributed by atoms with van der Waals surface area (Å²) in [5, 5.41) is 5.67. The molecular formula is C9H11N3O2. The van der Waals surface area contributed by atoms with E-state index in [1.54, 1.807) is 13.1 Å². The minimum absolute atomic E-state index is 0.0202. The molecule has 0 atom stereocenters. The average Bonchev–Trinajstić information content (AvgIpc) is 2.19. The topological polar surface area (TPSA) is 71.8 Å². The monoisotopic (exact) mass is 193 g/mol. The van der Waals surface area contributed by atoms with Crippen LogP contribution in [0.3, 0.4) is 0 Å². The molecular weight excluding hydrogens is 182 g/mol. The molecule has 0 N–H and O–H groups in total. The lowest BCUT2D eigenvalue weighted by Gasteiger charge is -2.07. The molecule has 1 aromatic heterocycles. The number of nitroso groups, excluding NO2 is 2. The summed E-state index contributed by atoms with van der Waals surface area (Å²) in [6.07, 6.45) is 2.37. The molecule has 0 aromatic carbocycles. The summed E-state index contributed by atoms with van der Waals surface area (Å²) < 4.78 is 0. The van der Waals surface area contributed by atoms with Gasteiger partial charge in [0.25, 0.3) is 0 Å². The van der Waals surface area contributed by atoms with Crippen molar-refractivity contribution in [3.63, 3.8) is 0 Å². The standard InChI is InChI=1S/C9H11N3O2/c1-3-7-4-10-6(2)9(12-14)8(7)5-11-13/h4H,3,5H2,1-2H3. The number of aromatic nitrogens is 1. The Morgan fingerprint density at radius 3 is 2.64 bits per heavy atom. The summed E-state index contributed by atoms with van der Waals surface area (Å²) in [5.74, 6) is 0. The molecule has 1 heterocycles. The van der Waals surface area contributed by atoms with Crippen molar-refractivity contribution in [3.05, 3.63) is 32.8 Å². The van der Waals surface area contributed by atoms with E-state index in [4.69, 9.17) is 0 Å². The highest BCUT2D eigenvalue weighted by Gasteiger charge is 2.12. The van der Waals surface area contributed by atoms with E-state index in [1.165, 1.54) is 0 Å². The zero-order chi connectivity index (χ0) is 10.6. The maximum atomic E-state index is 10.6. The van der Waals surface area contributed by atoms with Crippen LogP contribution in [0.2, 0.25) is 0 Å². The van der Waals surface area contributed by atoms with Crippen LogP contribution in [0.15, 0.2) is 16.6 Å². The molecule has 5 heteroatoms. The first-order valence-electron chi connectivity index (χ1n) is 4.34. The van der Waals surface area contributed by atoms with Crippen molar-refractivity contribution in [3.8, 4) is 0 Å². The molecule has 0 aliphatic heterocycles. The SMILES string of the molecule is CCc1cnc(C)c(N=O)c1CN=O. The maximum Gasteiger partial charge on any atom is 0.134 e. The van der Waals surface area contributed by atoms with Gasteiger partial charge in [-0.2, -0.15) is 4.91 Å². The Kier molecular flexibility index (Phi) is 3.39. The highest BCUT2D eigenvalue weighted by atomic mass is 16.3. The maximum absolute atomic E-state index is 10.6. The van der Waals surface area contributed by atoms with Crippen LogP contribution in [0.1, 0.15) is 23.7 Å². The second kappa shape index (κ2) is 4.55. The highest BCUT2D eigenvalue weighted by molar-refractivity contribution is 5.52. The fourth-order valence-corrected chi connectivity index (χ4v) is 1.35. The summed E-state index contributed by atoms with van der Waals surface area (Å²) in [4.78, 5) is 24.8. The third kappa shape index (κ3) is 1.81.